The fourth-order valence-electron chi connectivity index (χ4n) is 3.73. The van der Waals surface area contributed by atoms with Gasteiger partial charge in [-0.2, -0.15) is 4.31 Å². The number of sulfonamides is 1. The molecular formula is C23H32N2O4S. The van der Waals surface area contributed by atoms with Gasteiger partial charge in [-0.1, -0.05) is 42.8 Å². The Hall–Kier alpha value is -1.93. The Balaban J connectivity index is 2.14. The minimum absolute atomic E-state index is 0.0487. The second-order valence-electron chi connectivity index (χ2n) is 8.53. The molecule has 2 aromatic carbocycles. The third kappa shape index (κ3) is 4.70. The number of likely N-dealkylation sites (N-methyl/N-ethyl adjacent to an activating group) is 1. The molecular weight excluding hydrogens is 400 g/mol. The number of benzene rings is 2. The number of aliphatic hydroxyl groups is 1. The molecule has 3 atom stereocenters. The summed E-state index contributed by atoms with van der Waals surface area (Å²) < 4.78 is 34.7. The second kappa shape index (κ2) is 9.06. The molecule has 1 aliphatic heterocycles. The van der Waals surface area contributed by atoms with Crippen molar-refractivity contribution in [3.8, 4) is 16.9 Å². The Bertz CT molecular complexity index is 973. The molecule has 7 heteroatoms. The molecule has 0 unspecified atom stereocenters. The number of hydrogen-bond acceptors (Lipinski definition) is 5. The van der Waals surface area contributed by atoms with E-state index >= 15 is 0 Å². The standard InChI is InChI=1S/C23H32N2O4S/c1-16-6-8-19(9-7-16)20-10-11-23-21(12-20)29-22(14-24(4)5)17(2)13-25(18(3)15-26)30(23,27)28/h6-12,17-18,22,26H,13-15H2,1-5H3/t17-,18-,22-/m0/s1. The summed E-state index contributed by atoms with van der Waals surface area (Å²) in [5.74, 6) is 0.314. The number of fused-ring (bicyclic) bond motifs is 1. The summed E-state index contributed by atoms with van der Waals surface area (Å²) in [6.45, 7) is 6.48. The summed E-state index contributed by atoms with van der Waals surface area (Å²) in [6, 6.07) is 12.9. The number of aliphatic hydroxyl groups excluding tert-OH is 1. The summed E-state index contributed by atoms with van der Waals surface area (Å²) >= 11 is 0. The van der Waals surface area contributed by atoms with Gasteiger partial charge in [-0.25, -0.2) is 8.42 Å². The summed E-state index contributed by atoms with van der Waals surface area (Å²) in [4.78, 5) is 2.19. The van der Waals surface area contributed by atoms with Gasteiger partial charge in [0, 0.05) is 25.0 Å². The van der Waals surface area contributed by atoms with Crippen molar-refractivity contribution in [1.82, 2.24) is 9.21 Å². The second-order valence-corrected chi connectivity index (χ2v) is 10.4. The van der Waals surface area contributed by atoms with Crippen LogP contribution in [0.25, 0.3) is 11.1 Å². The lowest BCUT2D eigenvalue weighted by molar-refractivity contribution is 0.0813. The first kappa shape index (κ1) is 22.7. The summed E-state index contributed by atoms with van der Waals surface area (Å²) in [5.41, 5.74) is 3.07. The van der Waals surface area contributed by atoms with Crippen molar-refractivity contribution in [1.29, 1.82) is 0 Å². The minimum atomic E-state index is -3.81. The van der Waals surface area contributed by atoms with Crippen LogP contribution in [0.5, 0.6) is 5.75 Å². The van der Waals surface area contributed by atoms with Gasteiger partial charge in [-0.05, 0) is 51.2 Å². The molecule has 0 saturated heterocycles. The quantitative estimate of drug-likeness (QED) is 0.787. The Kier molecular flexibility index (Phi) is 6.87. The minimum Gasteiger partial charge on any atom is -0.487 e. The lowest BCUT2D eigenvalue weighted by Gasteiger charge is -2.37. The number of hydrogen-bond donors (Lipinski definition) is 1. The Labute approximate surface area is 180 Å². The van der Waals surface area contributed by atoms with E-state index in [1.807, 2.05) is 69.2 Å². The summed E-state index contributed by atoms with van der Waals surface area (Å²) in [6.07, 6.45) is -0.184. The molecule has 0 fully saturated rings. The first-order valence-corrected chi connectivity index (χ1v) is 11.7. The average molecular weight is 433 g/mol. The van der Waals surface area contributed by atoms with Crippen molar-refractivity contribution in [2.24, 2.45) is 5.92 Å². The van der Waals surface area contributed by atoms with Crippen molar-refractivity contribution < 1.29 is 18.3 Å². The van der Waals surface area contributed by atoms with E-state index in [1.54, 1.807) is 13.0 Å². The average Bonchev–Trinajstić information content (AvgIpc) is 2.70. The Morgan fingerprint density at radius 3 is 2.40 bits per heavy atom. The molecule has 0 amide bonds. The lowest BCUT2D eigenvalue weighted by Crippen LogP contribution is -2.49. The predicted molar refractivity (Wildman–Crippen MR) is 119 cm³/mol. The molecule has 2 aromatic rings. The molecule has 0 aromatic heterocycles. The van der Waals surface area contributed by atoms with Crippen molar-refractivity contribution >= 4 is 10.0 Å². The predicted octanol–water partition coefficient (Wildman–Crippen LogP) is 2.99. The van der Waals surface area contributed by atoms with Crippen molar-refractivity contribution in [3.63, 3.8) is 0 Å². The van der Waals surface area contributed by atoms with Gasteiger partial charge < -0.3 is 14.7 Å². The molecule has 30 heavy (non-hydrogen) atoms. The van der Waals surface area contributed by atoms with E-state index < -0.39 is 16.1 Å². The molecule has 1 aliphatic rings. The molecule has 1 N–H and O–H groups in total. The zero-order valence-electron chi connectivity index (χ0n) is 18.4. The number of ether oxygens (including phenoxy) is 1. The van der Waals surface area contributed by atoms with Gasteiger partial charge in [0.1, 0.15) is 16.7 Å². The number of rotatable bonds is 5. The smallest absolute Gasteiger partial charge is 0.247 e. The maximum atomic E-state index is 13.5. The van der Waals surface area contributed by atoms with Gasteiger partial charge in [-0.15, -0.1) is 0 Å². The van der Waals surface area contributed by atoms with E-state index in [0.717, 1.165) is 16.7 Å². The van der Waals surface area contributed by atoms with Gasteiger partial charge in [0.25, 0.3) is 0 Å². The molecule has 0 aliphatic carbocycles. The van der Waals surface area contributed by atoms with Crippen molar-refractivity contribution in [3.05, 3.63) is 48.0 Å². The van der Waals surface area contributed by atoms with Crippen LogP contribution in [0.1, 0.15) is 19.4 Å². The SMILES string of the molecule is Cc1ccc(-c2ccc3c(c2)O[C@@H](CN(C)C)[C@@H](C)CN([C@@H](C)CO)S3(=O)=O)cc1. The highest BCUT2D eigenvalue weighted by Crippen LogP contribution is 2.36. The van der Waals surface area contributed by atoms with Crippen LogP contribution in [0.4, 0.5) is 0 Å². The van der Waals surface area contributed by atoms with Gasteiger partial charge in [0.05, 0.1) is 6.61 Å². The van der Waals surface area contributed by atoms with E-state index in [-0.39, 0.29) is 23.5 Å². The maximum Gasteiger partial charge on any atom is 0.247 e. The third-order valence-electron chi connectivity index (χ3n) is 5.60. The van der Waals surface area contributed by atoms with Crippen LogP contribution in [0.3, 0.4) is 0 Å². The van der Waals surface area contributed by atoms with Gasteiger partial charge >= 0.3 is 0 Å². The molecule has 164 valence electrons. The Morgan fingerprint density at radius 1 is 1.17 bits per heavy atom. The molecule has 0 radical (unpaired) electrons. The van der Waals surface area contributed by atoms with Gasteiger partial charge in [-0.3, -0.25) is 0 Å². The zero-order chi connectivity index (χ0) is 22.1. The molecule has 0 spiro atoms. The number of aryl methyl sites for hydroxylation is 1. The van der Waals surface area contributed by atoms with E-state index in [2.05, 4.69) is 0 Å². The van der Waals surface area contributed by atoms with Gasteiger partial charge in [0.15, 0.2) is 0 Å². The topological polar surface area (TPSA) is 70.1 Å². The van der Waals surface area contributed by atoms with Crippen LogP contribution in [0.15, 0.2) is 47.4 Å². The van der Waals surface area contributed by atoms with Crippen molar-refractivity contribution in [2.45, 2.75) is 37.8 Å². The van der Waals surface area contributed by atoms with E-state index in [9.17, 15) is 13.5 Å². The highest BCUT2D eigenvalue weighted by Gasteiger charge is 2.37. The van der Waals surface area contributed by atoms with Gasteiger partial charge in [0.2, 0.25) is 10.0 Å². The van der Waals surface area contributed by atoms with E-state index in [0.29, 0.717) is 18.8 Å². The highest BCUT2D eigenvalue weighted by molar-refractivity contribution is 7.89. The molecule has 3 rings (SSSR count). The zero-order valence-corrected chi connectivity index (χ0v) is 19.2. The highest BCUT2D eigenvalue weighted by atomic mass is 32.2. The summed E-state index contributed by atoms with van der Waals surface area (Å²) in [7, 11) is 0.141. The summed E-state index contributed by atoms with van der Waals surface area (Å²) in [5, 5.41) is 9.70. The molecule has 0 saturated carbocycles. The first-order valence-electron chi connectivity index (χ1n) is 10.3. The van der Waals surface area contributed by atoms with Crippen LogP contribution in [0.2, 0.25) is 0 Å². The third-order valence-corrected chi connectivity index (χ3v) is 7.62. The van der Waals surface area contributed by atoms with Crippen LogP contribution < -0.4 is 4.74 Å². The normalized spacial score (nSPS) is 22.6. The van der Waals surface area contributed by atoms with Crippen LogP contribution in [0, 0.1) is 12.8 Å². The van der Waals surface area contributed by atoms with E-state index in [1.165, 1.54) is 4.31 Å². The van der Waals surface area contributed by atoms with E-state index in [4.69, 9.17) is 4.74 Å². The van der Waals surface area contributed by atoms with Crippen LogP contribution >= 0.6 is 0 Å². The fraction of sp³-hybridized carbons (Fsp3) is 0.478. The molecule has 1 heterocycles. The number of nitrogens with zero attached hydrogens (tertiary/aromatic N) is 2. The van der Waals surface area contributed by atoms with Crippen molar-refractivity contribution in [2.75, 3.05) is 33.8 Å². The molecule has 6 nitrogen and oxygen atoms in total. The lowest BCUT2D eigenvalue weighted by atomic mass is 10.0. The first-order chi connectivity index (χ1) is 14.1. The largest absolute Gasteiger partial charge is 0.487 e. The van der Waals surface area contributed by atoms with Crippen LogP contribution in [-0.4, -0.2) is 68.7 Å². The Morgan fingerprint density at radius 2 is 1.80 bits per heavy atom. The fourth-order valence-corrected chi connectivity index (χ4v) is 5.55. The van der Waals surface area contributed by atoms with Crippen LogP contribution in [-0.2, 0) is 10.0 Å². The molecule has 0 bridgehead atoms. The monoisotopic (exact) mass is 432 g/mol. The maximum absolute atomic E-state index is 13.5.